The molecule has 0 unspecified atom stereocenters. The van der Waals surface area contributed by atoms with Crippen LogP contribution < -0.4 is 10.9 Å². The zero-order chi connectivity index (χ0) is 21.4. The van der Waals surface area contributed by atoms with Crippen molar-refractivity contribution in [2.24, 2.45) is 7.05 Å². The molecule has 150 valence electrons. The second-order valence-corrected chi connectivity index (χ2v) is 8.82. The second-order valence-electron chi connectivity index (χ2n) is 7.43. The SMILES string of the molecule is Cc1ccc2c(=O)c3cc4[nH]c5cccc(S(=O)(=O)O)c5c(=O)c4cc3n(C)c2c1. The first-order valence-corrected chi connectivity index (χ1v) is 10.6. The Morgan fingerprint density at radius 2 is 1.60 bits per heavy atom. The van der Waals surface area contributed by atoms with Crippen LogP contribution in [-0.2, 0) is 17.2 Å². The van der Waals surface area contributed by atoms with E-state index in [0.29, 0.717) is 21.8 Å². The van der Waals surface area contributed by atoms with Crippen molar-refractivity contribution < 1.29 is 13.0 Å². The molecular formula is C22H16N2O5S. The fraction of sp³-hybridized carbons (Fsp3) is 0.0909. The van der Waals surface area contributed by atoms with Gasteiger partial charge in [-0.3, -0.25) is 14.1 Å². The predicted octanol–water partition coefficient (Wildman–Crippen LogP) is 3.24. The molecule has 0 aliphatic carbocycles. The van der Waals surface area contributed by atoms with Gasteiger partial charge in [0.2, 0.25) is 0 Å². The highest BCUT2D eigenvalue weighted by molar-refractivity contribution is 7.86. The molecule has 0 saturated carbocycles. The summed E-state index contributed by atoms with van der Waals surface area (Å²) in [6.07, 6.45) is 0. The summed E-state index contributed by atoms with van der Waals surface area (Å²) < 4.78 is 35.0. The van der Waals surface area contributed by atoms with Crippen LogP contribution in [0.5, 0.6) is 0 Å². The lowest BCUT2D eigenvalue weighted by atomic mass is 10.0. The molecular weight excluding hydrogens is 404 g/mol. The molecule has 0 radical (unpaired) electrons. The van der Waals surface area contributed by atoms with Gasteiger partial charge in [0.1, 0.15) is 4.90 Å². The topological polar surface area (TPSA) is 109 Å². The van der Waals surface area contributed by atoms with Crippen LogP contribution in [0.2, 0.25) is 0 Å². The summed E-state index contributed by atoms with van der Waals surface area (Å²) in [5.74, 6) is 0. The van der Waals surface area contributed by atoms with E-state index in [4.69, 9.17) is 0 Å². The molecule has 0 aliphatic heterocycles. The Morgan fingerprint density at radius 3 is 2.33 bits per heavy atom. The van der Waals surface area contributed by atoms with Crippen molar-refractivity contribution in [1.82, 2.24) is 9.55 Å². The van der Waals surface area contributed by atoms with E-state index >= 15 is 0 Å². The number of pyridine rings is 2. The average molecular weight is 420 g/mol. The van der Waals surface area contributed by atoms with Crippen LogP contribution in [0.25, 0.3) is 43.6 Å². The van der Waals surface area contributed by atoms with Gasteiger partial charge in [0.15, 0.2) is 10.9 Å². The first kappa shape index (κ1) is 18.5. The molecule has 0 fully saturated rings. The van der Waals surface area contributed by atoms with Gasteiger partial charge in [-0.05, 0) is 48.9 Å². The third-order valence-corrected chi connectivity index (χ3v) is 6.44. The summed E-state index contributed by atoms with van der Waals surface area (Å²) in [5, 5.41) is 1.13. The summed E-state index contributed by atoms with van der Waals surface area (Å²) in [7, 11) is -2.77. The number of nitrogens with zero attached hydrogens (tertiary/aromatic N) is 1. The van der Waals surface area contributed by atoms with Crippen molar-refractivity contribution in [3.63, 3.8) is 0 Å². The molecule has 2 aromatic heterocycles. The first-order valence-electron chi connectivity index (χ1n) is 9.16. The lowest BCUT2D eigenvalue weighted by molar-refractivity contribution is 0.484. The summed E-state index contributed by atoms with van der Waals surface area (Å²) in [6, 6.07) is 13.0. The van der Waals surface area contributed by atoms with Gasteiger partial charge in [-0.2, -0.15) is 8.42 Å². The van der Waals surface area contributed by atoms with Crippen LogP contribution in [0.1, 0.15) is 5.56 Å². The van der Waals surface area contributed by atoms with Crippen LogP contribution in [0.15, 0.2) is 63.0 Å². The quantitative estimate of drug-likeness (QED) is 0.320. The van der Waals surface area contributed by atoms with Gasteiger partial charge in [-0.25, -0.2) is 0 Å². The number of rotatable bonds is 1. The van der Waals surface area contributed by atoms with Crippen LogP contribution in [-0.4, -0.2) is 22.5 Å². The van der Waals surface area contributed by atoms with Gasteiger partial charge in [-0.15, -0.1) is 0 Å². The Kier molecular flexibility index (Phi) is 3.71. The third-order valence-electron chi connectivity index (χ3n) is 5.55. The van der Waals surface area contributed by atoms with Crippen molar-refractivity contribution in [2.75, 3.05) is 0 Å². The molecule has 0 amide bonds. The van der Waals surface area contributed by atoms with Gasteiger partial charge in [0.25, 0.3) is 10.1 Å². The lowest BCUT2D eigenvalue weighted by Crippen LogP contribution is -2.13. The van der Waals surface area contributed by atoms with Crippen molar-refractivity contribution in [3.8, 4) is 0 Å². The van der Waals surface area contributed by atoms with E-state index in [1.807, 2.05) is 30.7 Å². The number of aryl methyl sites for hydroxylation is 2. The van der Waals surface area contributed by atoms with Gasteiger partial charge in [0.05, 0.1) is 27.5 Å². The monoisotopic (exact) mass is 420 g/mol. The molecule has 8 heteroatoms. The highest BCUT2D eigenvalue weighted by Gasteiger charge is 2.19. The predicted molar refractivity (Wildman–Crippen MR) is 117 cm³/mol. The molecule has 2 heterocycles. The smallest absolute Gasteiger partial charge is 0.295 e. The maximum absolute atomic E-state index is 13.2. The highest BCUT2D eigenvalue weighted by Crippen LogP contribution is 2.26. The Morgan fingerprint density at radius 1 is 0.867 bits per heavy atom. The van der Waals surface area contributed by atoms with Crippen LogP contribution >= 0.6 is 0 Å². The van der Waals surface area contributed by atoms with Gasteiger partial charge >= 0.3 is 0 Å². The molecule has 5 aromatic rings. The van der Waals surface area contributed by atoms with Crippen LogP contribution in [0.4, 0.5) is 0 Å². The number of aromatic amines is 1. The number of H-pyrrole nitrogens is 1. The number of aromatic nitrogens is 2. The van der Waals surface area contributed by atoms with E-state index in [0.717, 1.165) is 11.1 Å². The van der Waals surface area contributed by atoms with Crippen molar-refractivity contribution in [3.05, 3.63) is 74.5 Å². The molecule has 0 aliphatic rings. The number of nitrogens with one attached hydrogen (secondary N) is 1. The maximum atomic E-state index is 13.2. The van der Waals surface area contributed by atoms with Gasteiger partial charge < -0.3 is 9.55 Å². The van der Waals surface area contributed by atoms with Crippen LogP contribution in [0, 0.1) is 6.92 Å². The lowest BCUT2D eigenvalue weighted by Gasteiger charge is -2.13. The van der Waals surface area contributed by atoms with E-state index in [1.54, 1.807) is 24.3 Å². The minimum atomic E-state index is -4.59. The zero-order valence-corrected chi connectivity index (χ0v) is 16.9. The third kappa shape index (κ3) is 2.51. The molecule has 0 saturated heterocycles. The number of hydrogen-bond donors (Lipinski definition) is 2. The number of hydrogen-bond acceptors (Lipinski definition) is 4. The van der Waals surface area contributed by atoms with Gasteiger partial charge in [-0.1, -0.05) is 12.1 Å². The molecule has 0 bridgehead atoms. The summed E-state index contributed by atoms with van der Waals surface area (Å²) in [6.45, 7) is 1.93. The minimum absolute atomic E-state index is 0.117. The fourth-order valence-corrected chi connectivity index (χ4v) is 4.80. The first-order chi connectivity index (χ1) is 14.2. The molecule has 0 atom stereocenters. The Bertz CT molecular complexity index is 1780. The van der Waals surface area contributed by atoms with Crippen molar-refractivity contribution in [1.29, 1.82) is 0 Å². The normalized spacial score (nSPS) is 12.4. The Balaban J connectivity index is 2.04. The summed E-state index contributed by atoms with van der Waals surface area (Å²) in [5.41, 5.74) is 2.28. The standard InChI is InChI=1S/C22H16N2O5S/c1-11-6-7-12-17(8-11)24(2)18-10-13-16(9-14(18)21(12)25)23-15-4-3-5-19(30(27,28)29)20(15)22(13)26/h3-10H,1-2H3,(H,23,26)(H,27,28,29). The summed E-state index contributed by atoms with van der Waals surface area (Å²) in [4.78, 5) is 28.9. The summed E-state index contributed by atoms with van der Waals surface area (Å²) >= 11 is 0. The second kappa shape index (κ2) is 6.01. The van der Waals surface area contributed by atoms with Gasteiger partial charge in [0, 0.05) is 23.2 Å². The van der Waals surface area contributed by atoms with E-state index in [9.17, 15) is 22.6 Å². The van der Waals surface area contributed by atoms with Crippen molar-refractivity contribution >= 4 is 53.7 Å². The highest BCUT2D eigenvalue weighted by atomic mass is 32.2. The molecule has 3 aromatic carbocycles. The maximum Gasteiger partial charge on any atom is 0.295 e. The minimum Gasteiger partial charge on any atom is -0.354 e. The molecule has 7 nitrogen and oxygen atoms in total. The molecule has 30 heavy (non-hydrogen) atoms. The van der Waals surface area contributed by atoms with Crippen LogP contribution in [0.3, 0.4) is 0 Å². The zero-order valence-electron chi connectivity index (χ0n) is 16.1. The van der Waals surface area contributed by atoms with E-state index in [2.05, 4.69) is 4.98 Å². The van der Waals surface area contributed by atoms with Crippen molar-refractivity contribution in [2.45, 2.75) is 11.8 Å². The fourth-order valence-electron chi connectivity index (χ4n) is 4.09. The largest absolute Gasteiger partial charge is 0.354 e. The van der Waals surface area contributed by atoms with E-state index in [-0.39, 0.29) is 21.7 Å². The molecule has 0 spiro atoms. The number of benzene rings is 3. The van der Waals surface area contributed by atoms with E-state index in [1.165, 1.54) is 12.1 Å². The van der Waals surface area contributed by atoms with E-state index < -0.39 is 20.4 Å². The Hall–Kier alpha value is -3.49. The number of fused-ring (bicyclic) bond motifs is 4. The molecule has 2 N–H and O–H groups in total. The molecule has 5 rings (SSSR count). The Labute approximate surface area is 169 Å². The average Bonchev–Trinajstić information content (AvgIpc) is 2.70.